The summed E-state index contributed by atoms with van der Waals surface area (Å²) in [5, 5.41) is 10.9. The molecule has 5 nitrogen and oxygen atoms in total. The van der Waals surface area contributed by atoms with E-state index in [-0.39, 0.29) is 17.7 Å². The molecular formula is C13H17ClN2O3. The first-order valence-corrected chi connectivity index (χ1v) is 6.85. The van der Waals surface area contributed by atoms with Gasteiger partial charge in [0.2, 0.25) is 0 Å². The van der Waals surface area contributed by atoms with E-state index in [2.05, 4.69) is 4.90 Å². The zero-order valence-electron chi connectivity index (χ0n) is 10.8. The van der Waals surface area contributed by atoms with E-state index in [1.54, 1.807) is 6.07 Å². The maximum atomic E-state index is 10.9. The van der Waals surface area contributed by atoms with E-state index in [1.165, 1.54) is 6.07 Å². The fourth-order valence-electron chi connectivity index (χ4n) is 2.28. The first-order chi connectivity index (χ1) is 9.11. The van der Waals surface area contributed by atoms with Crippen LogP contribution in [0.5, 0.6) is 0 Å². The molecule has 1 aromatic rings. The number of hydrogen-bond donors (Lipinski definition) is 0. The Hall–Kier alpha value is -1.33. The van der Waals surface area contributed by atoms with Gasteiger partial charge in [-0.25, -0.2) is 0 Å². The van der Waals surface area contributed by atoms with Gasteiger partial charge >= 0.3 is 0 Å². The first-order valence-electron chi connectivity index (χ1n) is 6.31. The van der Waals surface area contributed by atoms with Crippen LogP contribution in [0.4, 0.5) is 11.4 Å². The number of ether oxygens (including phenoxy) is 1. The minimum Gasteiger partial charge on any atom is -0.377 e. The van der Waals surface area contributed by atoms with Crippen molar-refractivity contribution < 1.29 is 9.66 Å². The normalized spacial score (nSPS) is 20.1. The lowest BCUT2D eigenvalue weighted by Crippen LogP contribution is -2.30. The molecule has 0 N–H and O–H groups in total. The van der Waals surface area contributed by atoms with Gasteiger partial charge < -0.3 is 9.64 Å². The van der Waals surface area contributed by atoms with Crippen LogP contribution in [0.2, 0.25) is 0 Å². The number of halogens is 1. The summed E-state index contributed by atoms with van der Waals surface area (Å²) >= 11 is 5.80. The van der Waals surface area contributed by atoms with Crippen molar-refractivity contribution in [2.45, 2.75) is 25.3 Å². The van der Waals surface area contributed by atoms with E-state index in [4.69, 9.17) is 16.3 Å². The number of anilines is 1. The lowest BCUT2D eigenvalue weighted by Gasteiger charge is -2.24. The number of alkyl halides is 1. The topological polar surface area (TPSA) is 55.6 Å². The Kier molecular flexibility index (Phi) is 4.61. The molecule has 0 aromatic heterocycles. The lowest BCUT2D eigenvalue weighted by atomic mass is 10.1. The van der Waals surface area contributed by atoms with Crippen molar-refractivity contribution in [2.24, 2.45) is 0 Å². The van der Waals surface area contributed by atoms with Gasteiger partial charge in [0.05, 0.1) is 16.9 Å². The van der Waals surface area contributed by atoms with Crippen LogP contribution < -0.4 is 4.90 Å². The molecule has 1 aliphatic heterocycles. The van der Waals surface area contributed by atoms with Gasteiger partial charge in [-0.05, 0) is 25.5 Å². The molecule has 1 fully saturated rings. The van der Waals surface area contributed by atoms with E-state index < -0.39 is 4.92 Å². The van der Waals surface area contributed by atoms with Crippen LogP contribution in [0.1, 0.15) is 18.9 Å². The molecule has 104 valence electrons. The molecule has 19 heavy (non-hydrogen) atoms. The molecule has 0 bridgehead atoms. The Morgan fingerprint density at radius 3 is 3.05 bits per heavy atom. The van der Waals surface area contributed by atoms with E-state index in [9.17, 15) is 10.1 Å². The predicted octanol–water partition coefficient (Wildman–Crippen LogP) is 2.95. The second-order valence-corrected chi connectivity index (χ2v) is 4.95. The second-order valence-electron chi connectivity index (χ2n) is 4.68. The average molecular weight is 285 g/mol. The molecule has 0 spiro atoms. The molecule has 1 unspecified atom stereocenters. The number of nitrogens with zero attached hydrogens (tertiary/aromatic N) is 2. The Morgan fingerprint density at radius 1 is 1.58 bits per heavy atom. The molecule has 0 saturated carbocycles. The fourth-order valence-corrected chi connectivity index (χ4v) is 2.50. The Morgan fingerprint density at radius 2 is 2.37 bits per heavy atom. The number of rotatable bonds is 3. The zero-order valence-corrected chi connectivity index (χ0v) is 11.6. The fraction of sp³-hybridized carbons (Fsp3) is 0.538. The van der Waals surface area contributed by atoms with Crippen LogP contribution in [0.25, 0.3) is 0 Å². The third-order valence-corrected chi connectivity index (χ3v) is 3.51. The van der Waals surface area contributed by atoms with Crippen molar-refractivity contribution in [3.05, 3.63) is 33.9 Å². The Labute approximate surface area is 117 Å². The van der Waals surface area contributed by atoms with Crippen molar-refractivity contribution in [3.63, 3.8) is 0 Å². The highest BCUT2D eigenvalue weighted by molar-refractivity contribution is 6.17. The van der Waals surface area contributed by atoms with E-state index in [0.717, 1.165) is 31.8 Å². The van der Waals surface area contributed by atoms with Crippen LogP contribution in [0.3, 0.4) is 0 Å². The highest BCUT2D eigenvalue weighted by Gasteiger charge is 2.19. The van der Waals surface area contributed by atoms with Crippen LogP contribution in [0, 0.1) is 10.1 Å². The van der Waals surface area contributed by atoms with Crippen LogP contribution in [-0.2, 0) is 10.6 Å². The largest absolute Gasteiger partial charge is 0.377 e. The van der Waals surface area contributed by atoms with Gasteiger partial charge in [0.1, 0.15) is 0 Å². The smallest absolute Gasteiger partial charge is 0.273 e. The summed E-state index contributed by atoms with van der Waals surface area (Å²) in [7, 11) is 0. The first kappa shape index (κ1) is 14.1. The van der Waals surface area contributed by atoms with Gasteiger partial charge in [0, 0.05) is 37.0 Å². The Bertz CT molecular complexity index is 467. The minimum atomic E-state index is -0.393. The monoisotopic (exact) mass is 284 g/mol. The molecular weight excluding hydrogens is 268 g/mol. The van der Waals surface area contributed by atoms with Crippen LogP contribution in [0.15, 0.2) is 18.2 Å². The summed E-state index contributed by atoms with van der Waals surface area (Å²) in [5.41, 5.74) is 1.61. The van der Waals surface area contributed by atoms with Crippen molar-refractivity contribution in [1.82, 2.24) is 0 Å². The Balaban J connectivity index is 2.26. The van der Waals surface area contributed by atoms with Gasteiger partial charge in [0.15, 0.2) is 0 Å². The summed E-state index contributed by atoms with van der Waals surface area (Å²) in [6.07, 6.45) is 1.12. The highest BCUT2D eigenvalue weighted by Crippen LogP contribution is 2.27. The molecule has 1 aliphatic rings. The minimum absolute atomic E-state index is 0.0814. The van der Waals surface area contributed by atoms with E-state index in [0.29, 0.717) is 5.56 Å². The molecule has 2 rings (SSSR count). The summed E-state index contributed by atoms with van der Waals surface area (Å²) in [5.74, 6) is 0.143. The van der Waals surface area contributed by atoms with Crippen molar-refractivity contribution >= 4 is 23.0 Å². The molecule has 1 atom stereocenters. The lowest BCUT2D eigenvalue weighted by molar-refractivity contribution is -0.385. The van der Waals surface area contributed by atoms with Crippen LogP contribution >= 0.6 is 11.6 Å². The average Bonchev–Trinajstić information content (AvgIpc) is 2.62. The standard InChI is InChI=1S/C13H17ClN2O3/c1-10-9-15(5-2-6-19-10)12-3-4-13(16(17)18)11(7-12)8-14/h3-4,7,10H,2,5-6,8-9H2,1H3. The van der Waals surface area contributed by atoms with Gasteiger partial charge in [-0.2, -0.15) is 0 Å². The number of nitro benzene ring substituents is 1. The zero-order chi connectivity index (χ0) is 13.8. The third-order valence-electron chi connectivity index (χ3n) is 3.22. The third kappa shape index (κ3) is 3.36. The van der Waals surface area contributed by atoms with Crippen molar-refractivity contribution in [1.29, 1.82) is 0 Å². The van der Waals surface area contributed by atoms with E-state index >= 15 is 0 Å². The molecule has 1 aromatic carbocycles. The maximum Gasteiger partial charge on any atom is 0.273 e. The quantitative estimate of drug-likeness (QED) is 0.486. The molecule has 0 aliphatic carbocycles. The molecule has 6 heteroatoms. The SMILES string of the molecule is CC1CN(c2ccc([N+](=O)[O-])c(CCl)c2)CCCO1. The molecule has 1 saturated heterocycles. The number of nitro groups is 1. The van der Waals surface area contributed by atoms with Crippen LogP contribution in [-0.4, -0.2) is 30.7 Å². The predicted molar refractivity (Wildman–Crippen MR) is 74.9 cm³/mol. The maximum absolute atomic E-state index is 10.9. The summed E-state index contributed by atoms with van der Waals surface area (Å²) in [6, 6.07) is 5.12. The van der Waals surface area contributed by atoms with Gasteiger partial charge in [-0.15, -0.1) is 11.6 Å². The van der Waals surface area contributed by atoms with E-state index in [1.807, 2.05) is 13.0 Å². The number of benzene rings is 1. The highest BCUT2D eigenvalue weighted by atomic mass is 35.5. The molecule has 0 amide bonds. The summed E-state index contributed by atoms with van der Waals surface area (Å²) in [6.45, 7) is 4.47. The van der Waals surface area contributed by atoms with Gasteiger partial charge in [0.25, 0.3) is 5.69 Å². The van der Waals surface area contributed by atoms with Crippen molar-refractivity contribution in [2.75, 3.05) is 24.6 Å². The summed E-state index contributed by atoms with van der Waals surface area (Å²) in [4.78, 5) is 12.7. The second kappa shape index (κ2) is 6.21. The van der Waals surface area contributed by atoms with Gasteiger partial charge in [-0.1, -0.05) is 0 Å². The van der Waals surface area contributed by atoms with Crippen molar-refractivity contribution in [3.8, 4) is 0 Å². The molecule has 0 radical (unpaired) electrons. The summed E-state index contributed by atoms with van der Waals surface area (Å²) < 4.78 is 5.60. The molecule has 1 heterocycles. The number of hydrogen-bond acceptors (Lipinski definition) is 4. The van der Waals surface area contributed by atoms with Gasteiger partial charge in [-0.3, -0.25) is 10.1 Å².